The van der Waals surface area contributed by atoms with Crippen molar-refractivity contribution in [3.05, 3.63) is 101 Å². The molecule has 2 heterocycles. The second-order valence-corrected chi connectivity index (χ2v) is 17.2. The number of aliphatic hydroxyl groups is 1. The Hall–Kier alpha value is -3.53. The van der Waals surface area contributed by atoms with Gasteiger partial charge in [-0.05, 0) is 86.5 Å². The van der Waals surface area contributed by atoms with E-state index in [4.69, 9.17) is 9.40 Å². The molecule has 3 aromatic carbocycles. The number of aryl methyl sites for hydroxylation is 3. The van der Waals surface area contributed by atoms with Gasteiger partial charge in [-0.15, -0.1) is 29.1 Å². The quantitative estimate of drug-likeness (QED) is 0.0815. The third kappa shape index (κ3) is 9.82. The molecular weight excluding hydrogens is 843 g/mol. The first-order valence-electron chi connectivity index (χ1n) is 19.7. The van der Waals surface area contributed by atoms with E-state index >= 15 is 0 Å². The minimum Gasteiger partial charge on any atom is -0.512 e. The Morgan fingerprint density at radius 1 is 0.852 bits per heavy atom. The summed E-state index contributed by atoms with van der Waals surface area (Å²) in [5.41, 5.74) is 10.7. The van der Waals surface area contributed by atoms with Gasteiger partial charge in [0, 0.05) is 54.3 Å². The maximum atomic E-state index is 12.2. The molecule has 1 radical (unpaired) electrons. The number of rotatable bonds is 11. The number of hydrogen-bond donors (Lipinski definition) is 1. The van der Waals surface area contributed by atoms with Gasteiger partial charge in [-0.1, -0.05) is 124 Å². The number of fused-ring (bicyclic) bond motifs is 2. The predicted octanol–water partition coefficient (Wildman–Crippen LogP) is 14.2. The molecule has 4 nitrogen and oxygen atoms in total. The number of aromatic nitrogens is 1. The molecule has 0 atom stereocenters. The number of hydrogen-bond acceptors (Lipinski definition) is 4. The van der Waals surface area contributed by atoms with Gasteiger partial charge in [0.2, 0.25) is 0 Å². The SMILES string of the molecule is CCC(C)(CC)C(=O)/C=C(\O)C(C)(CC)CC.Cc1cc2nc(-c3[c-]c4ccccc4c(C(C)(C)C)c3)cc(-c3c(C)cc(CC(C)C)cc3C)c2o1.[Ir]. The standard InChI is InChI=1S/C34H36NO.C15H28O2.Ir/c1-20(2)13-24-14-21(3)32(22(4)15-24)28-19-30(35-31-16-23(5)36-33(28)31)26-17-25-11-9-10-12-27(25)29(18-26)34(6,7)8;1-7-14(5,8-2)12(16)11-13(17)15(6,9-3)10-4;/h9-12,14-16,18-20H,13H2,1-8H3;11,16H,7-10H2,1-6H3;/q-1;;/b;12-11-;. The van der Waals surface area contributed by atoms with Crippen LogP contribution in [0.4, 0.5) is 0 Å². The smallest absolute Gasteiger partial charge is 0.164 e. The van der Waals surface area contributed by atoms with Crippen molar-refractivity contribution in [2.75, 3.05) is 0 Å². The van der Waals surface area contributed by atoms with Crippen molar-refractivity contribution in [2.24, 2.45) is 16.7 Å². The molecule has 0 aliphatic heterocycles. The van der Waals surface area contributed by atoms with Crippen molar-refractivity contribution >= 4 is 27.7 Å². The molecule has 5 aromatic rings. The van der Waals surface area contributed by atoms with E-state index < -0.39 is 0 Å². The van der Waals surface area contributed by atoms with E-state index in [1.165, 1.54) is 39.3 Å². The molecule has 0 aliphatic carbocycles. The Kier molecular flexibility index (Phi) is 14.9. The second-order valence-electron chi connectivity index (χ2n) is 17.2. The number of benzene rings is 3. The number of pyridine rings is 1. The summed E-state index contributed by atoms with van der Waals surface area (Å²) in [6.45, 7) is 29.9. The molecule has 1 N–H and O–H groups in total. The molecule has 2 aromatic heterocycles. The Labute approximate surface area is 339 Å². The summed E-state index contributed by atoms with van der Waals surface area (Å²) in [6.07, 6.45) is 5.84. The van der Waals surface area contributed by atoms with Gasteiger partial charge in [0.1, 0.15) is 17.0 Å². The molecule has 0 aliphatic rings. The van der Waals surface area contributed by atoms with Gasteiger partial charge in [-0.3, -0.25) is 9.78 Å². The number of carbonyl (C=O) groups excluding carboxylic acids is 1. The summed E-state index contributed by atoms with van der Waals surface area (Å²) >= 11 is 0. The van der Waals surface area contributed by atoms with Crippen LogP contribution in [0.25, 0.3) is 44.3 Å². The van der Waals surface area contributed by atoms with E-state index in [9.17, 15) is 9.90 Å². The van der Waals surface area contributed by atoms with E-state index in [0.717, 1.165) is 71.2 Å². The van der Waals surface area contributed by atoms with Crippen LogP contribution in [-0.2, 0) is 36.7 Å². The number of furan rings is 1. The van der Waals surface area contributed by atoms with Gasteiger partial charge < -0.3 is 9.52 Å². The molecular formula is C49H64IrNO3-. The van der Waals surface area contributed by atoms with Crippen LogP contribution in [0.5, 0.6) is 0 Å². The summed E-state index contributed by atoms with van der Waals surface area (Å²) in [4.78, 5) is 17.3. The fourth-order valence-corrected chi connectivity index (χ4v) is 7.20. The van der Waals surface area contributed by atoms with E-state index in [0.29, 0.717) is 5.92 Å². The minimum absolute atomic E-state index is 0. The van der Waals surface area contributed by atoms with Crippen molar-refractivity contribution in [3.63, 3.8) is 0 Å². The van der Waals surface area contributed by atoms with Gasteiger partial charge in [-0.2, -0.15) is 0 Å². The first-order valence-corrected chi connectivity index (χ1v) is 19.7. The number of allylic oxidation sites excluding steroid dienone is 2. The van der Waals surface area contributed by atoms with Gasteiger partial charge >= 0.3 is 0 Å². The zero-order chi connectivity index (χ0) is 39.5. The first kappa shape index (κ1) is 44.9. The number of carbonyl (C=O) groups is 1. The maximum absolute atomic E-state index is 12.2. The first-order chi connectivity index (χ1) is 24.8. The molecule has 0 saturated heterocycles. The van der Waals surface area contributed by atoms with Crippen LogP contribution >= 0.6 is 0 Å². The van der Waals surface area contributed by atoms with E-state index in [-0.39, 0.29) is 47.9 Å². The van der Waals surface area contributed by atoms with Crippen molar-refractivity contribution < 1.29 is 34.4 Å². The van der Waals surface area contributed by atoms with Crippen molar-refractivity contribution in [2.45, 2.75) is 134 Å². The molecule has 54 heavy (non-hydrogen) atoms. The van der Waals surface area contributed by atoms with Crippen LogP contribution in [0.15, 0.2) is 70.8 Å². The van der Waals surface area contributed by atoms with Crippen LogP contribution in [0.1, 0.15) is 130 Å². The van der Waals surface area contributed by atoms with Gasteiger partial charge in [-0.25, -0.2) is 0 Å². The average molecular weight is 907 g/mol. The summed E-state index contributed by atoms with van der Waals surface area (Å²) in [5, 5.41) is 12.5. The van der Waals surface area contributed by atoms with Crippen molar-refractivity contribution in [1.29, 1.82) is 0 Å². The topological polar surface area (TPSA) is 63.3 Å². The van der Waals surface area contributed by atoms with Crippen molar-refractivity contribution in [3.8, 4) is 22.4 Å². The fourth-order valence-electron chi connectivity index (χ4n) is 7.20. The molecule has 293 valence electrons. The van der Waals surface area contributed by atoms with Crippen LogP contribution in [0, 0.1) is 43.6 Å². The molecule has 5 rings (SSSR count). The van der Waals surface area contributed by atoms with E-state index in [1.807, 2.05) is 54.5 Å². The monoisotopic (exact) mass is 907 g/mol. The molecule has 0 amide bonds. The van der Waals surface area contributed by atoms with E-state index in [2.05, 4.69) is 103 Å². The largest absolute Gasteiger partial charge is 0.512 e. The molecule has 0 saturated carbocycles. The third-order valence-electron chi connectivity index (χ3n) is 11.6. The molecule has 0 bridgehead atoms. The minimum atomic E-state index is -0.337. The van der Waals surface area contributed by atoms with Crippen LogP contribution in [-0.4, -0.2) is 15.9 Å². The summed E-state index contributed by atoms with van der Waals surface area (Å²) < 4.78 is 6.22. The Morgan fingerprint density at radius 3 is 1.96 bits per heavy atom. The second kappa shape index (κ2) is 17.9. The Morgan fingerprint density at radius 2 is 1.43 bits per heavy atom. The number of nitrogens with zero attached hydrogens (tertiary/aromatic N) is 1. The molecule has 0 fully saturated rings. The fraction of sp³-hybridized carbons (Fsp3) is 0.469. The Bertz CT molecular complexity index is 2080. The van der Waals surface area contributed by atoms with Crippen LogP contribution in [0.3, 0.4) is 0 Å². The van der Waals surface area contributed by atoms with Crippen LogP contribution < -0.4 is 0 Å². The third-order valence-corrected chi connectivity index (χ3v) is 11.6. The molecule has 0 spiro atoms. The van der Waals surface area contributed by atoms with E-state index in [1.54, 1.807) is 0 Å². The molecule has 5 heteroatoms. The van der Waals surface area contributed by atoms with Crippen molar-refractivity contribution in [1.82, 2.24) is 4.98 Å². The zero-order valence-corrected chi connectivity index (χ0v) is 37.8. The summed E-state index contributed by atoms with van der Waals surface area (Å²) in [6, 6.07) is 23.4. The van der Waals surface area contributed by atoms with Gasteiger partial charge in [0.15, 0.2) is 11.4 Å². The number of ketones is 1. The predicted molar refractivity (Wildman–Crippen MR) is 226 cm³/mol. The van der Waals surface area contributed by atoms with Gasteiger partial charge in [0.05, 0.1) is 0 Å². The summed E-state index contributed by atoms with van der Waals surface area (Å²) in [7, 11) is 0. The average Bonchev–Trinajstić information content (AvgIpc) is 3.49. The normalized spacial score (nSPS) is 12.5. The Balaban J connectivity index is 0.000000372. The number of aliphatic hydroxyl groups excluding tert-OH is 1. The zero-order valence-electron chi connectivity index (χ0n) is 35.4. The summed E-state index contributed by atoms with van der Waals surface area (Å²) in [5.74, 6) is 1.79. The van der Waals surface area contributed by atoms with Crippen LogP contribution in [0.2, 0.25) is 0 Å². The maximum Gasteiger partial charge on any atom is 0.164 e. The molecule has 0 unspecified atom stereocenters. The van der Waals surface area contributed by atoms with Gasteiger partial charge in [0.25, 0.3) is 0 Å².